The standard InChI is InChI=1S/C15H17Cl2N/c16-12-6-4-10(14(17)8-12)5-7-15-13-3-1-2-11(13)9-18-15/h4-8,11,13,15,18H,1-3,9H2/b7-5+. The monoisotopic (exact) mass is 281 g/mol. The predicted octanol–water partition coefficient (Wildman–Crippen LogP) is 4.39. The number of halogens is 2. The fourth-order valence-corrected chi connectivity index (χ4v) is 3.76. The molecule has 0 spiro atoms. The van der Waals surface area contributed by atoms with E-state index in [1.54, 1.807) is 6.07 Å². The first-order valence-electron chi connectivity index (χ1n) is 6.60. The van der Waals surface area contributed by atoms with Crippen LogP contribution in [0.4, 0.5) is 0 Å². The summed E-state index contributed by atoms with van der Waals surface area (Å²) in [7, 11) is 0. The third-order valence-electron chi connectivity index (χ3n) is 4.24. The molecule has 3 heteroatoms. The summed E-state index contributed by atoms with van der Waals surface area (Å²) in [5.74, 6) is 1.72. The summed E-state index contributed by atoms with van der Waals surface area (Å²) in [4.78, 5) is 0. The number of fused-ring (bicyclic) bond motifs is 1. The van der Waals surface area contributed by atoms with Gasteiger partial charge < -0.3 is 5.32 Å². The Hall–Kier alpha value is -0.500. The van der Waals surface area contributed by atoms with Crippen LogP contribution in [0, 0.1) is 11.8 Å². The van der Waals surface area contributed by atoms with E-state index in [4.69, 9.17) is 23.2 Å². The Kier molecular flexibility index (Phi) is 3.65. The van der Waals surface area contributed by atoms with Crippen LogP contribution >= 0.6 is 23.2 Å². The summed E-state index contributed by atoms with van der Waals surface area (Å²) in [6.45, 7) is 1.17. The highest BCUT2D eigenvalue weighted by Gasteiger charge is 2.37. The van der Waals surface area contributed by atoms with Gasteiger partial charge in [0.1, 0.15) is 0 Å². The highest BCUT2D eigenvalue weighted by Crippen LogP contribution is 2.38. The minimum absolute atomic E-state index is 0.518. The minimum Gasteiger partial charge on any atom is -0.310 e. The van der Waals surface area contributed by atoms with Crippen LogP contribution in [-0.2, 0) is 0 Å². The molecule has 1 saturated heterocycles. The SMILES string of the molecule is Clc1ccc(/C=C/C2NCC3CCCC32)c(Cl)c1. The maximum Gasteiger partial charge on any atom is 0.0493 e. The van der Waals surface area contributed by atoms with Crippen molar-refractivity contribution < 1.29 is 0 Å². The van der Waals surface area contributed by atoms with Crippen molar-refractivity contribution in [3.63, 3.8) is 0 Å². The molecule has 1 saturated carbocycles. The lowest BCUT2D eigenvalue weighted by Crippen LogP contribution is -2.23. The first kappa shape index (κ1) is 12.5. The van der Waals surface area contributed by atoms with E-state index in [0.29, 0.717) is 11.1 Å². The van der Waals surface area contributed by atoms with Gasteiger partial charge in [-0.3, -0.25) is 0 Å². The zero-order valence-corrected chi connectivity index (χ0v) is 11.7. The fraction of sp³-hybridized carbons (Fsp3) is 0.467. The van der Waals surface area contributed by atoms with E-state index in [1.807, 2.05) is 12.1 Å². The van der Waals surface area contributed by atoms with Crippen LogP contribution in [0.1, 0.15) is 24.8 Å². The Morgan fingerprint density at radius 3 is 2.94 bits per heavy atom. The number of rotatable bonds is 2. The summed E-state index contributed by atoms with van der Waals surface area (Å²) in [6, 6.07) is 6.17. The fourth-order valence-electron chi connectivity index (χ4n) is 3.29. The van der Waals surface area contributed by atoms with Gasteiger partial charge >= 0.3 is 0 Å². The second-order valence-corrected chi connectivity index (χ2v) is 6.16. The largest absolute Gasteiger partial charge is 0.310 e. The second kappa shape index (κ2) is 5.24. The van der Waals surface area contributed by atoms with Gasteiger partial charge in [0.15, 0.2) is 0 Å². The summed E-state index contributed by atoms with van der Waals surface area (Å²) in [6.07, 6.45) is 8.54. The highest BCUT2D eigenvalue weighted by molar-refractivity contribution is 6.35. The minimum atomic E-state index is 0.518. The van der Waals surface area contributed by atoms with Crippen molar-refractivity contribution in [3.8, 4) is 0 Å². The van der Waals surface area contributed by atoms with E-state index in [0.717, 1.165) is 22.4 Å². The molecule has 2 aliphatic rings. The van der Waals surface area contributed by atoms with Crippen LogP contribution in [0.2, 0.25) is 10.0 Å². The average molecular weight is 282 g/mol. The molecule has 0 aromatic heterocycles. The van der Waals surface area contributed by atoms with Crippen molar-refractivity contribution in [2.45, 2.75) is 25.3 Å². The van der Waals surface area contributed by atoms with Gasteiger partial charge in [0.05, 0.1) is 0 Å². The van der Waals surface area contributed by atoms with E-state index >= 15 is 0 Å². The molecular weight excluding hydrogens is 265 g/mol. The van der Waals surface area contributed by atoms with Gasteiger partial charge in [-0.05, 0) is 48.9 Å². The molecule has 1 aliphatic carbocycles. The predicted molar refractivity (Wildman–Crippen MR) is 78.1 cm³/mol. The molecule has 1 aromatic carbocycles. The van der Waals surface area contributed by atoms with Gasteiger partial charge in [-0.1, -0.05) is 47.8 Å². The third kappa shape index (κ3) is 2.45. The summed E-state index contributed by atoms with van der Waals surface area (Å²) < 4.78 is 0. The van der Waals surface area contributed by atoms with E-state index in [2.05, 4.69) is 17.5 Å². The van der Waals surface area contributed by atoms with Gasteiger partial charge in [-0.2, -0.15) is 0 Å². The smallest absolute Gasteiger partial charge is 0.0493 e. The van der Waals surface area contributed by atoms with Crippen LogP contribution in [0.25, 0.3) is 6.08 Å². The van der Waals surface area contributed by atoms with Crippen molar-refractivity contribution in [1.82, 2.24) is 5.32 Å². The number of hydrogen-bond donors (Lipinski definition) is 1. The normalized spacial score (nSPS) is 31.1. The molecule has 0 bridgehead atoms. The molecule has 18 heavy (non-hydrogen) atoms. The second-order valence-electron chi connectivity index (χ2n) is 5.31. The molecule has 1 aromatic rings. The van der Waals surface area contributed by atoms with Crippen molar-refractivity contribution >= 4 is 29.3 Å². The van der Waals surface area contributed by atoms with Crippen LogP contribution in [0.15, 0.2) is 24.3 Å². The van der Waals surface area contributed by atoms with E-state index in [9.17, 15) is 0 Å². The Balaban J connectivity index is 1.74. The van der Waals surface area contributed by atoms with Gasteiger partial charge in [0.25, 0.3) is 0 Å². The molecule has 96 valence electrons. The van der Waals surface area contributed by atoms with E-state index < -0.39 is 0 Å². The summed E-state index contributed by atoms with van der Waals surface area (Å²) in [5.41, 5.74) is 1.05. The molecule has 1 aliphatic heterocycles. The van der Waals surface area contributed by atoms with E-state index in [1.165, 1.54) is 25.8 Å². The zero-order valence-electron chi connectivity index (χ0n) is 10.2. The molecule has 2 fully saturated rings. The molecule has 0 radical (unpaired) electrons. The van der Waals surface area contributed by atoms with Crippen molar-refractivity contribution in [2.75, 3.05) is 6.54 Å². The number of benzene rings is 1. The maximum atomic E-state index is 6.17. The van der Waals surface area contributed by atoms with Crippen LogP contribution in [0.3, 0.4) is 0 Å². The van der Waals surface area contributed by atoms with Crippen molar-refractivity contribution in [1.29, 1.82) is 0 Å². The third-order valence-corrected chi connectivity index (χ3v) is 4.80. The van der Waals surface area contributed by atoms with E-state index in [-0.39, 0.29) is 0 Å². The molecule has 1 nitrogen and oxygen atoms in total. The number of nitrogens with one attached hydrogen (secondary N) is 1. The molecule has 3 rings (SSSR count). The molecule has 1 N–H and O–H groups in total. The lowest BCUT2D eigenvalue weighted by Gasteiger charge is -2.13. The summed E-state index contributed by atoms with van der Waals surface area (Å²) in [5, 5.41) is 5.01. The quantitative estimate of drug-likeness (QED) is 0.848. The molecule has 1 heterocycles. The maximum absolute atomic E-state index is 6.17. The van der Waals surface area contributed by atoms with Crippen LogP contribution in [-0.4, -0.2) is 12.6 Å². The van der Waals surface area contributed by atoms with Gasteiger partial charge in [-0.25, -0.2) is 0 Å². The molecular formula is C15H17Cl2N. The van der Waals surface area contributed by atoms with Gasteiger partial charge in [0, 0.05) is 16.1 Å². The van der Waals surface area contributed by atoms with Crippen molar-refractivity contribution in [3.05, 3.63) is 39.9 Å². The van der Waals surface area contributed by atoms with Gasteiger partial charge in [0.2, 0.25) is 0 Å². The lowest BCUT2D eigenvalue weighted by molar-refractivity contribution is 0.456. The number of hydrogen-bond acceptors (Lipinski definition) is 1. The van der Waals surface area contributed by atoms with Gasteiger partial charge in [-0.15, -0.1) is 0 Å². The Morgan fingerprint density at radius 1 is 1.22 bits per heavy atom. The molecule has 3 atom stereocenters. The Morgan fingerprint density at radius 2 is 2.11 bits per heavy atom. The lowest BCUT2D eigenvalue weighted by atomic mass is 9.93. The Bertz CT molecular complexity index is 470. The highest BCUT2D eigenvalue weighted by atomic mass is 35.5. The molecule has 3 unspecified atom stereocenters. The first-order valence-corrected chi connectivity index (χ1v) is 7.36. The van der Waals surface area contributed by atoms with Crippen LogP contribution in [0.5, 0.6) is 0 Å². The average Bonchev–Trinajstić information content (AvgIpc) is 2.91. The first-order chi connectivity index (χ1) is 8.74. The van der Waals surface area contributed by atoms with Crippen molar-refractivity contribution in [2.24, 2.45) is 11.8 Å². The zero-order chi connectivity index (χ0) is 12.5. The topological polar surface area (TPSA) is 12.0 Å². The molecule has 0 amide bonds. The summed E-state index contributed by atoms with van der Waals surface area (Å²) >= 11 is 12.1. The Labute approximate surface area is 118 Å². The van der Waals surface area contributed by atoms with Crippen LogP contribution < -0.4 is 5.32 Å².